The number of hydrogen-bond acceptors (Lipinski definition) is 3. The number of pyridine rings is 1. The van der Waals surface area contributed by atoms with Crippen molar-refractivity contribution in [1.29, 1.82) is 0 Å². The third kappa shape index (κ3) is 3.16. The summed E-state index contributed by atoms with van der Waals surface area (Å²) in [5, 5.41) is 8.33. The van der Waals surface area contributed by atoms with Crippen LogP contribution in [0.2, 0.25) is 0 Å². The summed E-state index contributed by atoms with van der Waals surface area (Å²) in [6.45, 7) is 6.16. The smallest absolute Gasteiger partial charge is 0.161 e. The fraction of sp³-hybridized carbons (Fsp3) is 0.294. The van der Waals surface area contributed by atoms with E-state index in [1.165, 1.54) is 12.1 Å². The van der Waals surface area contributed by atoms with Crippen molar-refractivity contribution in [2.75, 3.05) is 0 Å². The SMILES string of the molecule is CC(C)(C)c1nnc2ccc(OCc3ccc(F)cc3F)cn12. The molecule has 3 rings (SSSR count). The molecule has 0 unspecified atom stereocenters. The highest BCUT2D eigenvalue weighted by Crippen LogP contribution is 2.23. The van der Waals surface area contributed by atoms with Crippen LogP contribution in [0.15, 0.2) is 36.5 Å². The zero-order chi connectivity index (χ0) is 16.6. The van der Waals surface area contributed by atoms with Crippen LogP contribution in [0, 0.1) is 11.6 Å². The summed E-state index contributed by atoms with van der Waals surface area (Å²) in [6, 6.07) is 6.97. The fourth-order valence-electron chi connectivity index (χ4n) is 2.27. The Hall–Kier alpha value is -2.50. The third-order valence-electron chi connectivity index (χ3n) is 3.46. The van der Waals surface area contributed by atoms with Crippen LogP contribution < -0.4 is 4.74 Å². The highest BCUT2D eigenvalue weighted by atomic mass is 19.1. The monoisotopic (exact) mass is 317 g/mol. The zero-order valence-electron chi connectivity index (χ0n) is 13.2. The molecule has 6 heteroatoms. The summed E-state index contributed by atoms with van der Waals surface area (Å²) in [4.78, 5) is 0. The molecule has 2 heterocycles. The Labute approximate surface area is 132 Å². The van der Waals surface area contributed by atoms with E-state index in [1.807, 2.05) is 25.2 Å². The van der Waals surface area contributed by atoms with E-state index >= 15 is 0 Å². The van der Waals surface area contributed by atoms with Gasteiger partial charge in [-0.25, -0.2) is 8.78 Å². The second-order valence-electron chi connectivity index (χ2n) is 6.39. The Balaban J connectivity index is 1.86. The normalized spacial score (nSPS) is 11.9. The molecular weight excluding hydrogens is 300 g/mol. The van der Waals surface area contributed by atoms with Crippen LogP contribution in [0.5, 0.6) is 5.75 Å². The second-order valence-corrected chi connectivity index (χ2v) is 6.39. The van der Waals surface area contributed by atoms with Crippen LogP contribution >= 0.6 is 0 Å². The van der Waals surface area contributed by atoms with E-state index in [0.717, 1.165) is 17.5 Å². The summed E-state index contributed by atoms with van der Waals surface area (Å²) >= 11 is 0. The summed E-state index contributed by atoms with van der Waals surface area (Å²) in [5.41, 5.74) is 0.850. The lowest BCUT2D eigenvalue weighted by atomic mass is 9.96. The Kier molecular flexibility index (Phi) is 3.75. The van der Waals surface area contributed by atoms with Gasteiger partial charge in [0.15, 0.2) is 5.65 Å². The highest BCUT2D eigenvalue weighted by molar-refractivity contribution is 5.42. The molecule has 0 amide bonds. The molecule has 0 spiro atoms. The second kappa shape index (κ2) is 5.61. The molecule has 2 aromatic heterocycles. The van der Waals surface area contributed by atoms with Crippen LogP contribution in [0.1, 0.15) is 32.2 Å². The molecule has 0 saturated heterocycles. The zero-order valence-corrected chi connectivity index (χ0v) is 13.2. The average Bonchev–Trinajstić information content (AvgIpc) is 2.89. The van der Waals surface area contributed by atoms with E-state index in [2.05, 4.69) is 10.2 Å². The van der Waals surface area contributed by atoms with Gasteiger partial charge in [0, 0.05) is 17.0 Å². The van der Waals surface area contributed by atoms with E-state index in [1.54, 1.807) is 18.3 Å². The molecule has 0 aliphatic heterocycles. The molecule has 3 aromatic rings. The summed E-state index contributed by atoms with van der Waals surface area (Å²) in [6.07, 6.45) is 1.78. The predicted molar refractivity (Wildman–Crippen MR) is 82.4 cm³/mol. The predicted octanol–water partition coefficient (Wildman–Crippen LogP) is 3.88. The minimum Gasteiger partial charge on any atom is -0.487 e. The van der Waals surface area contributed by atoms with Crippen molar-refractivity contribution in [2.24, 2.45) is 0 Å². The molecule has 0 atom stereocenters. The van der Waals surface area contributed by atoms with E-state index in [4.69, 9.17) is 4.74 Å². The maximum atomic E-state index is 13.6. The van der Waals surface area contributed by atoms with Crippen LogP contribution in [0.4, 0.5) is 8.78 Å². The van der Waals surface area contributed by atoms with Crippen molar-refractivity contribution in [2.45, 2.75) is 32.8 Å². The van der Waals surface area contributed by atoms with Crippen LogP contribution in [-0.2, 0) is 12.0 Å². The molecule has 0 aliphatic rings. The van der Waals surface area contributed by atoms with Gasteiger partial charge in [-0.2, -0.15) is 0 Å². The van der Waals surface area contributed by atoms with Gasteiger partial charge in [-0.3, -0.25) is 4.40 Å². The van der Waals surface area contributed by atoms with Crippen molar-refractivity contribution < 1.29 is 13.5 Å². The van der Waals surface area contributed by atoms with E-state index in [9.17, 15) is 8.78 Å². The van der Waals surface area contributed by atoms with E-state index in [0.29, 0.717) is 11.3 Å². The van der Waals surface area contributed by atoms with Crippen molar-refractivity contribution in [3.63, 3.8) is 0 Å². The van der Waals surface area contributed by atoms with Crippen molar-refractivity contribution in [3.05, 3.63) is 59.6 Å². The number of aromatic nitrogens is 3. The molecule has 0 fully saturated rings. The number of ether oxygens (including phenoxy) is 1. The molecule has 0 bridgehead atoms. The van der Waals surface area contributed by atoms with Gasteiger partial charge in [0.1, 0.15) is 29.8 Å². The number of nitrogens with zero attached hydrogens (tertiary/aromatic N) is 3. The molecule has 4 nitrogen and oxygen atoms in total. The van der Waals surface area contributed by atoms with Crippen molar-refractivity contribution in [1.82, 2.24) is 14.6 Å². The first kappa shape index (κ1) is 15.4. The van der Waals surface area contributed by atoms with Gasteiger partial charge in [-0.15, -0.1) is 10.2 Å². The van der Waals surface area contributed by atoms with Crippen molar-refractivity contribution >= 4 is 5.65 Å². The molecule has 0 radical (unpaired) electrons. The summed E-state index contributed by atoms with van der Waals surface area (Å²) in [5.74, 6) is 0.148. The van der Waals surface area contributed by atoms with Crippen LogP contribution in [-0.4, -0.2) is 14.6 Å². The number of rotatable bonds is 3. The number of benzene rings is 1. The molecular formula is C17H17F2N3O. The van der Waals surface area contributed by atoms with Gasteiger partial charge in [0.05, 0.1) is 6.20 Å². The van der Waals surface area contributed by atoms with E-state index in [-0.39, 0.29) is 12.0 Å². The standard InChI is InChI=1S/C17H17F2N3O/c1-17(2,3)16-21-20-15-7-6-13(9-22(15)16)23-10-11-4-5-12(18)8-14(11)19/h4-9H,10H2,1-3H3. The quantitative estimate of drug-likeness (QED) is 0.736. The molecule has 120 valence electrons. The Morgan fingerprint density at radius 2 is 1.87 bits per heavy atom. The largest absolute Gasteiger partial charge is 0.487 e. The van der Waals surface area contributed by atoms with Gasteiger partial charge >= 0.3 is 0 Å². The van der Waals surface area contributed by atoms with Crippen LogP contribution in [0.3, 0.4) is 0 Å². The Bertz CT molecular complexity index is 853. The average molecular weight is 317 g/mol. The first-order valence-corrected chi connectivity index (χ1v) is 7.26. The van der Waals surface area contributed by atoms with Gasteiger partial charge in [0.2, 0.25) is 0 Å². The third-order valence-corrected chi connectivity index (χ3v) is 3.46. The first-order valence-electron chi connectivity index (χ1n) is 7.26. The fourth-order valence-corrected chi connectivity index (χ4v) is 2.27. The molecule has 0 aliphatic carbocycles. The van der Waals surface area contributed by atoms with E-state index < -0.39 is 11.6 Å². The summed E-state index contributed by atoms with van der Waals surface area (Å²) < 4.78 is 34.0. The molecule has 1 aromatic carbocycles. The van der Waals surface area contributed by atoms with Crippen molar-refractivity contribution in [3.8, 4) is 5.75 Å². The highest BCUT2D eigenvalue weighted by Gasteiger charge is 2.21. The molecule has 0 saturated carbocycles. The molecule has 23 heavy (non-hydrogen) atoms. The number of fused-ring (bicyclic) bond motifs is 1. The maximum absolute atomic E-state index is 13.6. The lowest BCUT2D eigenvalue weighted by Gasteiger charge is -2.16. The lowest BCUT2D eigenvalue weighted by molar-refractivity contribution is 0.297. The minimum absolute atomic E-state index is 0.0184. The van der Waals surface area contributed by atoms with Gasteiger partial charge in [0.25, 0.3) is 0 Å². The van der Waals surface area contributed by atoms with Gasteiger partial charge in [-0.05, 0) is 24.3 Å². The Morgan fingerprint density at radius 3 is 2.57 bits per heavy atom. The van der Waals surface area contributed by atoms with Gasteiger partial charge in [-0.1, -0.05) is 20.8 Å². The topological polar surface area (TPSA) is 39.4 Å². The number of halogens is 2. The number of hydrogen-bond donors (Lipinski definition) is 0. The van der Waals surface area contributed by atoms with Crippen LogP contribution in [0.25, 0.3) is 5.65 Å². The summed E-state index contributed by atoms with van der Waals surface area (Å²) in [7, 11) is 0. The first-order chi connectivity index (χ1) is 10.8. The Morgan fingerprint density at radius 1 is 1.09 bits per heavy atom. The lowest BCUT2D eigenvalue weighted by Crippen LogP contribution is -2.15. The van der Waals surface area contributed by atoms with Gasteiger partial charge < -0.3 is 4.74 Å². The molecule has 0 N–H and O–H groups in total. The maximum Gasteiger partial charge on any atom is 0.161 e. The minimum atomic E-state index is -0.620.